The molecule has 1 aliphatic heterocycles. The van der Waals surface area contributed by atoms with Crippen LogP contribution in [-0.2, 0) is 58.0 Å². The smallest absolute Gasteiger partial charge is 0.341 e. The predicted molar refractivity (Wildman–Crippen MR) is 248 cm³/mol. The number of aldehydes is 1. The van der Waals surface area contributed by atoms with Gasteiger partial charge in [0.15, 0.2) is 0 Å². The van der Waals surface area contributed by atoms with Crippen molar-refractivity contribution in [2.45, 2.75) is 156 Å². The van der Waals surface area contributed by atoms with E-state index in [1.165, 1.54) is 0 Å². The van der Waals surface area contributed by atoms with Gasteiger partial charge in [-0.05, 0) is 85.5 Å². The van der Waals surface area contributed by atoms with Gasteiger partial charge in [0.25, 0.3) is 0 Å². The van der Waals surface area contributed by atoms with Gasteiger partial charge in [-0.3, -0.25) is 14.2 Å². The number of methoxy groups -OCH3 is 2. The molecule has 2 rings (SSSR count). The fraction of sp³-hybridized carbons (Fsp3) is 0.688. The first-order chi connectivity index (χ1) is 29.3. The summed E-state index contributed by atoms with van der Waals surface area (Å²) in [6, 6.07) is 7.72. The minimum atomic E-state index is -3.77. The van der Waals surface area contributed by atoms with Crippen LogP contribution < -0.4 is 4.74 Å². The van der Waals surface area contributed by atoms with Gasteiger partial charge in [-0.2, -0.15) is 0 Å². The third-order valence-corrected chi connectivity index (χ3v) is 20.1. The van der Waals surface area contributed by atoms with Crippen molar-refractivity contribution in [1.29, 1.82) is 0 Å². The second-order valence-corrected chi connectivity index (χ2v) is 25.0. The molecule has 0 N–H and O–H groups in total. The zero-order valence-corrected chi connectivity index (χ0v) is 42.1. The first-order valence-electron chi connectivity index (χ1n) is 22.4. The lowest BCUT2D eigenvalue weighted by Gasteiger charge is -2.45. The fourth-order valence-electron chi connectivity index (χ4n) is 8.83. The van der Waals surface area contributed by atoms with Gasteiger partial charge in [0.05, 0.1) is 45.7 Å². The van der Waals surface area contributed by atoms with Crippen molar-refractivity contribution in [2.24, 2.45) is 17.8 Å². The normalized spacial score (nSPS) is 19.4. The molecule has 0 amide bonds. The average Bonchev–Trinajstić information content (AvgIpc) is 3.20. The van der Waals surface area contributed by atoms with E-state index in [0.29, 0.717) is 32.5 Å². The zero-order valence-electron chi connectivity index (χ0n) is 40.2. The van der Waals surface area contributed by atoms with Crippen LogP contribution >= 0.6 is 7.60 Å². The van der Waals surface area contributed by atoms with E-state index in [2.05, 4.69) is 41.5 Å². The Bertz CT molecular complexity index is 1620. The molecule has 0 saturated carbocycles. The number of hydrogen-bond acceptors (Lipinski definition) is 12. The summed E-state index contributed by atoms with van der Waals surface area (Å²) in [6.07, 6.45) is 7.82. The van der Waals surface area contributed by atoms with Crippen LogP contribution in [0.5, 0.6) is 5.75 Å². The summed E-state index contributed by atoms with van der Waals surface area (Å²) in [6.45, 7) is 25.8. The maximum absolute atomic E-state index is 13.9. The van der Waals surface area contributed by atoms with Crippen molar-refractivity contribution in [3.8, 4) is 5.75 Å². The molecule has 1 saturated heterocycles. The third-order valence-electron chi connectivity index (χ3n) is 12.1. The lowest BCUT2D eigenvalue weighted by Crippen LogP contribution is -2.51. The molecule has 1 aromatic carbocycles. The Hall–Kier alpha value is -2.90. The minimum absolute atomic E-state index is 0.0234. The Labute approximate surface area is 374 Å². The molecule has 352 valence electrons. The highest BCUT2D eigenvalue weighted by Crippen LogP contribution is 2.48. The topological polar surface area (TPSA) is 142 Å². The van der Waals surface area contributed by atoms with E-state index in [-0.39, 0.29) is 66.1 Å². The van der Waals surface area contributed by atoms with Crippen molar-refractivity contribution < 1.29 is 56.1 Å². The maximum atomic E-state index is 13.9. The van der Waals surface area contributed by atoms with E-state index in [4.69, 9.17) is 37.2 Å². The summed E-state index contributed by atoms with van der Waals surface area (Å²) in [4.78, 5) is 37.5. The zero-order chi connectivity index (χ0) is 46.6. The second kappa shape index (κ2) is 27.4. The molecular formula is C48H79O12PSi. The quantitative estimate of drug-likeness (QED) is 0.0144. The molecule has 14 heteroatoms. The largest absolute Gasteiger partial charge is 0.497 e. The standard InChI is InChI=1S/C48H79O12PSi/c1-15-56-61(52,57-16-2)32-47(51)59-45(39(12)48(54-14)38(11)25-27-55-31-40-20-22-42(53-13)23-21-40)30-44(60-62(33(3)4,34(5)6)35(7)8)37(10)19-17-18-36(9)43-28-41(24-26-49)29-46(50)58-43/h17-23,25-26,33-36,39,41,43-45,48H,15-16,24,27-32H2,1-14H3/b18-17+,37-19+,38-25+/t36-,39+,41-,43-,44+,45+,48+/m1/s1. The van der Waals surface area contributed by atoms with Crippen LogP contribution in [0.25, 0.3) is 0 Å². The van der Waals surface area contributed by atoms with Crippen LogP contribution in [0, 0.1) is 17.8 Å². The summed E-state index contributed by atoms with van der Waals surface area (Å²) in [7, 11) is -3.02. The van der Waals surface area contributed by atoms with Crippen LogP contribution in [0.2, 0.25) is 16.6 Å². The van der Waals surface area contributed by atoms with Crippen LogP contribution in [0.3, 0.4) is 0 Å². The minimum Gasteiger partial charge on any atom is -0.497 e. The van der Waals surface area contributed by atoms with Crippen molar-refractivity contribution in [3.63, 3.8) is 0 Å². The van der Waals surface area contributed by atoms with Crippen LogP contribution in [0.4, 0.5) is 0 Å². The van der Waals surface area contributed by atoms with Crippen molar-refractivity contribution in [1.82, 2.24) is 0 Å². The van der Waals surface area contributed by atoms with E-state index in [0.717, 1.165) is 28.7 Å². The summed E-state index contributed by atoms with van der Waals surface area (Å²) >= 11 is 0. The summed E-state index contributed by atoms with van der Waals surface area (Å²) < 4.78 is 61.6. The van der Waals surface area contributed by atoms with Crippen LogP contribution in [0.15, 0.2) is 59.7 Å². The number of carbonyl (C=O) groups excluding carboxylic acids is 3. The predicted octanol–water partition coefficient (Wildman–Crippen LogP) is 11.0. The Morgan fingerprint density at radius 1 is 0.935 bits per heavy atom. The van der Waals surface area contributed by atoms with Gasteiger partial charge >= 0.3 is 19.5 Å². The Balaban J connectivity index is 2.60. The third kappa shape index (κ3) is 16.9. The van der Waals surface area contributed by atoms with Crippen molar-refractivity contribution in [2.75, 3.05) is 40.2 Å². The summed E-state index contributed by atoms with van der Waals surface area (Å²) in [5.74, 6) is -0.701. The van der Waals surface area contributed by atoms with Gasteiger partial charge in [-0.1, -0.05) is 91.8 Å². The molecule has 62 heavy (non-hydrogen) atoms. The van der Waals surface area contributed by atoms with Gasteiger partial charge in [0, 0.05) is 38.2 Å². The molecule has 0 radical (unpaired) electrons. The number of carbonyl (C=O) groups is 3. The van der Waals surface area contributed by atoms with Crippen LogP contribution in [-0.4, -0.2) is 91.2 Å². The molecule has 0 spiro atoms. The van der Waals surface area contributed by atoms with E-state index in [9.17, 15) is 18.9 Å². The average molecular weight is 907 g/mol. The fourth-order valence-corrected chi connectivity index (χ4v) is 15.9. The van der Waals surface area contributed by atoms with Gasteiger partial charge in [-0.25, -0.2) is 0 Å². The molecular weight excluding hydrogens is 828 g/mol. The second-order valence-electron chi connectivity index (χ2n) is 17.5. The SMILES string of the molecule is CCOP(=O)(CC(=O)O[C@@H](C[C@H](O[Si](C(C)C)(C(C)C)C(C)C)/C(C)=C/C=C/[C@@H](C)[C@H]1C[C@@H](CC=O)CC(=O)O1)[C@H](C)[C@@H](OC)/C(C)=C/COCc1ccc(OC)cc1)OCC. The van der Waals surface area contributed by atoms with E-state index < -0.39 is 46.4 Å². The number of cyclic esters (lactones) is 1. The molecule has 0 unspecified atom stereocenters. The van der Waals surface area contributed by atoms with E-state index >= 15 is 0 Å². The molecule has 0 aromatic heterocycles. The number of esters is 2. The van der Waals surface area contributed by atoms with E-state index in [1.807, 2.05) is 76.3 Å². The first kappa shape index (κ1) is 55.2. The van der Waals surface area contributed by atoms with Gasteiger partial charge in [0.2, 0.25) is 8.32 Å². The number of hydrogen-bond donors (Lipinski definition) is 0. The van der Waals surface area contributed by atoms with Gasteiger partial charge in [0.1, 0.15) is 30.4 Å². The number of benzene rings is 1. The number of ether oxygens (including phenoxy) is 5. The highest BCUT2D eigenvalue weighted by Gasteiger charge is 2.48. The molecule has 0 bridgehead atoms. The molecule has 1 aliphatic rings. The van der Waals surface area contributed by atoms with Gasteiger partial charge in [-0.15, -0.1) is 0 Å². The molecule has 1 fully saturated rings. The first-order valence-corrected chi connectivity index (χ1v) is 26.3. The highest BCUT2D eigenvalue weighted by atomic mass is 31.2. The lowest BCUT2D eigenvalue weighted by molar-refractivity contribution is -0.159. The summed E-state index contributed by atoms with van der Waals surface area (Å²) in [5.41, 5.74) is 3.66. The Morgan fingerprint density at radius 2 is 1.55 bits per heavy atom. The van der Waals surface area contributed by atoms with Crippen molar-refractivity contribution >= 4 is 34.1 Å². The Kier molecular flexibility index (Phi) is 24.4. The Morgan fingerprint density at radius 3 is 2.08 bits per heavy atom. The molecule has 12 nitrogen and oxygen atoms in total. The van der Waals surface area contributed by atoms with E-state index in [1.54, 1.807) is 28.1 Å². The molecule has 1 heterocycles. The van der Waals surface area contributed by atoms with Gasteiger partial charge < -0.3 is 42.0 Å². The maximum Gasteiger partial charge on any atom is 0.341 e. The number of allylic oxidation sites excluding steroid dienone is 2. The number of rotatable bonds is 29. The van der Waals surface area contributed by atoms with Crippen LogP contribution in [0.1, 0.15) is 114 Å². The highest BCUT2D eigenvalue weighted by molar-refractivity contribution is 7.54. The lowest BCUT2D eigenvalue weighted by atomic mass is 9.87. The van der Waals surface area contributed by atoms with Crippen molar-refractivity contribution in [3.05, 3.63) is 65.3 Å². The monoisotopic (exact) mass is 907 g/mol. The molecule has 1 aromatic rings. The molecule has 7 atom stereocenters. The summed E-state index contributed by atoms with van der Waals surface area (Å²) in [5, 5.41) is 0. The molecule has 0 aliphatic carbocycles.